The molecule has 11 nitrogen and oxygen atoms in total. The van der Waals surface area contributed by atoms with Crippen molar-refractivity contribution in [3.63, 3.8) is 0 Å². The van der Waals surface area contributed by atoms with Crippen molar-refractivity contribution in [2.24, 2.45) is 0 Å². The number of aliphatic hydroxyl groups is 3. The van der Waals surface area contributed by atoms with Crippen LogP contribution in [-0.2, 0) is 11.3 Å². The van der Waals surface area contributed by atoms with Crippen LogP contribution in [0.4, 0.5) is 5.95 Å². The number of H-pyrrole nitrogens is 1. The number of anilines is 1. The number of nitrogens with two attached hydrogens (primary N) is 1. The van der Waals surface area contributed by atoms with Crippen molar-refractivity contribution >= 4 is 17.1 Å². The van der Waals surface area contributed by atoms with E-state index in [9.17, 15) is 24.9 Å². The highest BCUT2D eigenvalue weighted by atomic mass is 16.6. The lowest BCUT2D eigenvalue weighted by molar-refractivity contribution is -0.0527. The Labute approximate surface area is 134 Å². The third-order valence-electron chi connectivity index (χ3n) is 3.91. The molecular weight excluding hydrogens is 322 g/mol. The van der Waals surface area contributed by atoms with E-state index in [1.54, 1.807) is 0 Å². The first-order chi connectivity index (χ1) is 11.4. The molecule has 1 aliphatic rings. The number of rotatable bonds is 4. The van der Waals surface area contributed by atoms with Gasteiger partial charge in [0.2, 0.25) is 5.95 Å². The van der Waals surface area contributed by atoms with Crippen molar-refractivity contribution in [2.75, 3.05) is 12.3 Å². The number of aliphatic hydroxyl groups excluding tert-OH is 3. The first kappa shape index (κ1) is 16.4. The Balaban J connectivity index is 2.29. The fourth-order valence-corrected chi connectivity index (χ4v) is 2.82. The van der Waals surface area contributed by atoms with Gasteiger partial charge in [-0.2, -0.15) is 4.98 Å². The van der Waals surface area contributed by atoms with Gasteiger partial charge in [0.05, 0.1) is 6.61 Å². The molecule has 1 aliphatic heterocycles. The maximum absolute atomic E-state index is 12.7. The van der Waals surface area contributed by atoms with Crippen LogP contribution in [0.25, 0.3) is 11.2 Å². The lowest BCUT2D eigenvalue weighted by Crippen LogP contribution is -2.36. The lowest BCUT2D eigenvalue weighted by atomic mass is 10.1. The van der Waals surface area contributed by atoms with E-state index in [2.05, 4.69) is 16.5 Å². The summed E-state index contributed by atoms with van der Waals surface area (Å²) in [5.74, 6) is -0.219. The van der Waals surface area contributed by atoms with Gasteiger partial charge in [0.15, 0.2) is 17.4 Å². The number of ether oxygens (including phenoxy) is 1. The molecule has 1 unspecified atom stereocenters. The highest BCUT2D eigenvalue weighted by molar-refractivity contribution is 5.71. The van der Waals surface area contributed by atoms with Crippen LogP contribution in [0, 0.1) is 0 Å². The van der Waals surface area contributed by atoms with Gasteiger partial charge in [0, 0.05) is 6.54 Å². The summed E-state index contributed by atoms with van der Waals surface area (Å²) in [4.78, 5) is 31.1. The van der Waals surface area contributed by atoms with Crippen molar-refractivity contribution in [2.45, 2.75) is 31.1 Å². The summed E-state index contributed by atoms with van der Waals surface area (Å²) in [7, 11) is 0. The van der Waals surface area contributed by atoms with Crippen molar-refractivity contribution in [3.8, 4) is 0 Å². The summed E-state index contributed by atoms with van der Waals surface area (Å²) in [6, 6.07) is 0. The number of fused-ring (bicyclic) bond motifs is 1. The van der Waals surface area contributed by atoms with E-state index in [-0.39, 0.29) is 23.7 Å². The van der Waals surface area contributed by atoms with Gasteiger partial charge in [0.25, 0.3) is 5.56 Å². The van der Waals surface area contributed by atoms with Crippen LogP contribution < -0.4 is 17.0 Å². The maximum atomic E-state index is 12.7. The predicted octanol–water partition coefficient (Wildman–Crippen LogP) is -2.73. The first-order valence-electron chi connectivity index (χ1n) is 7.14. The summed E-state index contributed by atoms with van der Waals surface area (Å²) in [5, 5.41) is 29.2. The summed E-state index contributed by atoms with van der Waals surface area (Å²) >= 11 is 0. The molecule has 4 atom stereocenters. The molecular formula is C13H17N5O6. The Kier molecular flexibility index (Phi) is 4.01. The molecule has 0 saturated carbocycles. The quantitative estimate of drug-likeness (QED) is 0.374. The van der Waals surface area contributed by atoms with Gasteiger partial charge < -0.3 is 25.8 Å². The average molecular weight is 339 g/mol. The summed E-state index contributed by atoms with van der Waals surface area (Å²) < 4.78 is 7.40. The van der Waals surface area contributed by atoms with Crippen LogP contribution in [-0.4, -0.2) is 59.3 Å². The van der Waals surface area contributed by atoms with Crippen LogP contribution in [0.1, 0.15) is 6.23 Å². The fraction of sp³-hybridized carbons (Fsp3) is 0.462. The minimum Gasteiger partial charge on any atom is -0.394 e. The minimum absolute atomic E-state index is 0.0197. The Morgan fingerprint density at radius 1 is 1.38 bits per heavy atom. The second kappa shape index (κ2) is 5.87. The van der Waals surface area contributed by atoms with E-state index in [4.69, 9.17) is 10.5 Å². The van der Waals surface area contributed by atoms with E-state index in [1.165, 1.54) is 6.08 Å². The highest BCUT2D eigenvalue weighted by Crippen LogP contribution is 2.30. The molecule has 2 aromatic heterocycles. The number of hydrogen-bond donors (Lipinski definition) is 5. The number of nitrogens with zero attached hydrogens (tertiary/aromatic N) is 3. The second-order valence-corrected chi connectivity index (χ2v) is 5.40. The highest BCUT2D eigenvalue weighted by Gasteiger charge is 2.45. The average Bonchev–Trinajstić information content (AvgIpc) is 2.96. The molecule has 11 heteroatoms. The Bertz CT molecular complexity index is 899. The molecule has 0 aromatic carbocycles. The molecule has 3 heterocycles. The van der Waals surface area contributed by atoms with Crippen LogP contribution in [0.3, 0.4) is 0 Å². The molecule has 130 valence electrons. The maximum Gasteiger partial charge on any atom is 0.333 e. The van der Waals surface area contributed by atoms with E-state index >= 15 is 0 Å². The normalized spacial score (nSPS) is 27.0. The van der Waals surface area contributed by atoms with Crippen molar-refractivity contribution in [1.82, 2.24) is 19.1 Å². The number of allylic oxidation sites excluding steroid dienone is 1. The third-order valence-corrected chi connectivity index (χ3v) is 3.91. The van der Waals surface area contributed by atoms with Gasteiger partial charge in [0.1, 0.15) is 18.3 Å². The van der Waals surface area contributed by atoms with E-state index in [0.29, 0.717) is 0 Å². The number of nitrogens with one attached hydrogen (secondary N) is 1. The van der Waals surface area contributed by atoms with Crippen LogP contribution in [0.2, 0.25) is 0 Å². The smallest absolute Gasteiger partial charge is 0.333 e. The van der Waals surface area contributed by atoms with Crippen molar-refractivity contribution < 1.29 is 20.1 Å². The van der Waals surface area contributed by atoms with Crippen LogP contribution in [0.5, 0.6) is 0 Å². The zero-order chi connectivity index (χ0) is 17.6. The number of aromatic amines is 1. The SMILES string of the molecule is C=CCn1c(=O)n([C@@H]2OC(CO)[C@@H](O)[C@H]2O)c2nc(N)[nH]c(=O)c21. The minimum atomic E-state index is -1.50. The van der Waals surface area contributed by atoms with Crippen LogP contribution in [0.15, 0.2) is 22.2 Å². The number of imidazole rings is 1. The number of hydrogen-bond acceptors (Lipinski definition) is 8. The molecule has 0 radical (unpaired) electrons. The van der Waals surface area contributed by atoms with Crippen molar-refractivity contribution in [1.29, 1.82) is 0 Å². The monoisotopic (exact) mass is 339 g/mol. The van der Waals surface area contributed by atoms with E-state index < -0.39 is 42.4 Å². The van der Waals surface area contributed by atoms with Gasteiger partial charge in [-0.15, -0.1) is 6.58 Å². The third kappa shape index (κ3) is 2.26. The van der Waals surface area contributed by atoms with E-state index in [0.717, 1.165) is 9.13 Å². The molecule has 0 amide bonds. The molecule has 2 aromatic rings. The van der Waals surface area contributed by atoms with E-state index in [1.807, 2.05) is 0 Å². The standard InChI is InChI=1S/C13H17N5O6/c1-2-3-17-6-9(15-12(14)16-10(6)22)18(13(17)23)11-8(21)7(20)5(4-19)24-11/h2,5,7-8,11,19-21H,1,3-4H2,(H3,14,15,16,22)/t5?,7-,8-,11-/m1/s1. The zero-order valence-corrected chi connectivity index (χ0v) is 12.5. The molecule has 1 saturated heterocycles. The lowest BCUT2D eigenvalue weighted by Gasteiger charge is -2.15. The molecule has 1 fully saturated rings. The molecule has 6 N–H and O–H groups in total. The van der Waals surface area contributed by atoms with Gasteiger partial charge >= 0.3 is 5.69 Å². The van der Waals surface area contributed by atoms with Gasteiger partial charge in [-0.25, -0.2) is 9.36 Å². The second-order valence-electron chi connectivity index (χ2n) is 5.40. The van der Waals surface area contributed by atoms with Gasteiger partial charge in [-0.3, -0.25) is 14.3 Å². The Morgan fingerprint density at radius 2 is 2.08 bits per heavy atom. The van der Waals surface area contributed by atoms with Crippen LogP contribution >= 0.6 is 0 Å². The zero-order valence-electron chi connectivity index (χ0n) is 12.5. The molecule has 0 spiro atoms. The number of aromatic nitrogens is 4. The Hall–Kier alpha value is -2.47. The molecule has 0 aliphatic carbocycles. The van der Waals surface area contributed by atoms with Gasteiger partial charge in [-0.05, 0) is 0 Å². The predicted molar refractivity (Wildman–Crippen MR) is 82.2 cm³/mol. The topological polar surface area (TPSA) is 169 Å². The summed E-state index contributed by atoms with van der Waals surface area (Å²) in [6.07, 6.45) is -3.88. The molecule has 3 rings (SSSR count). The Morgan fingerprint density at radius 3 is 2.67 bits per heavy atom. The first-order valence-corrected chi connectivity index (χ1v) is 7.14. The number of nitrogen functional groups attached to an aromatic ring is 1. The summed E-state index contributed by atoms with van der Waals surface area (Å²) in [5.41, 5.74) is 4.05. The fourth-order valence-electron chi connectivity index (χ4n) is 2.82. The summed E-state index contributed by atoms with van der Waals surface area (Å²) in [6.45, 7) is 3.00. The van der Waals surface area contributed by atoms with Gasteiger partial charge in [-0.1, -0.05) is 6.08 Å². The largest absolute Gasteiger partial charge is 0.394 e. The van der Waals surface area contributed by atoms with Crippen molar-refractivity contribution in [3.05, 3.63) is 33.5 Å². The molecule has 0 bridgehead atoms. The molecule has 24 heavy (non-hydrogen) atoms.